The van der Waals surface area contributed by atoms with Gasteiger partial charge in [-0.3, -0.25) is 14.4 Å². The Kier molecular flexibility index (Phi) is 6.61. The Bertz CT molecular complexity index is 1080. The predicted octanol–water partition coefficient (Wildman–Crippen LogP) is 3.82. The topological polar surface area (TPSA) is 84.5 Å². The number of esters is 1. The van der Waals surface area contributed by atoms with Crippen molar-refractivity contribution in [3.8, 4) is 0 Å². The summed E-state index contributed by atoms with van der Waals surface area (Å²) in [7, 11) is 0. The van der Waals surface area contributed by atoms with Crippen molar-refractivity contribution in [1.82, 2.24) is 5.32 Å². The normalized spacial score (nSPS) is 10.4. The third-order valence-corrected chi connectivity index (χ3v) is 4.82. The van der Waals surface area contributed by atoms with Crippen molar-refractivity contribution < 1.29 is 19.1 Å². The summed E-state index contributed by atoms with van der Waals surface area (Å²) in [5.74, 6) is -1.55. The van der Waals surface area contributed by atoms with Crippen LogP contribution in [0, 0.1) is 6.92 Å². The minimum absolute atomic E-state index is 0.326. The third-order valence-electron chi connectivity index (χ3n) is 4.17. The Labute approximate surface area is 176 Å². The lowest BCUT2D eigenvalue weighted by molar-refractivity contribution is -0.146. The Morgan fingerprint density at radius 1 is 0.966 bits per heavy atom. The number of hydrogen-bond acceptors (Lipinski definition) is 4. The van der Waals surface area contributed by atoms with Gasteiger partial charge in [0.2, 0.25) is 0 Å². The van der Waals surface area contributed by atoms with Crippen LogP contribution in [-0.4, -0.2) is 30.9 Å². The van der Waals surface area contributed by atoms with Gasteiger partial charge in [0, 0.05) is 10.0 Å². The quantitative estimate of drug-likeness (QED) is 0.554. The van der Waals surface area contributed by atoms with Crippen molar-refractivity contribution in [2.75, 3.05) is 18.5 Å². The van der Waals surface area contributed by atoms with Gasteiger partial charge in [0.15, 0.2) is 6.61 Å². The van der Waals surface area contributed by atoms with Gasteiger partial charge in [-0.25, -0.2) is 0 Å². The lowest BCUT2D eigenvalue weighted by Gasteiger charge is -2.09. The van der Waals surface area contributed by atoms with Gasteiger partial charge in [-0.1, -0.05) is 36.4 Å². The first-order valence-electron chi connectivity index (χ1n) is 8.91. The van der Waals surface area contributed by atoms with Crippen molar-refractivity contribution in [3.05, 3.63) is 76.3 Å². The molecule has 0 radical (unpaired) electrons. The van der Waals surface area contributed by atoms with Gasteiger partial charge in [0.1, 0.15) is 6.54 Å². The standard InChI is InChI=1S/C22H19BrN2O4/c1-14-6-9-19(18(23)10-14)25-20(26)13-29-21(27)12-24-22(28)17-8-7-15-4-2-3-5-16(15)11-17/h2-11H,12-13H2,1H3,(H,24,28)(H,25,26). The van der Waals surface area contributed by atoms with Crippen LogP contribution >= 0.6 is 15.9 Å². The lowest BCUT2D eigenvalue weighted by Crippen LogP contribution is -2.32. The third kappa shape index (κ3) is 5.65. The van der Waals surface area contributed by atoms with E-state index in [9.17, 15) is 14.4 Å². The van der Waals surface area contributed by atoms with Crippen LogP contribution in [-0.2, 0) is 14.3 Å². The molecule has 29 heavy (non-hydrogen) atoms. The highest BCUT2D eigenvalue weighted by atomic mass is 79.9. The molecule has 0 aromatic heterocycles. The fourth-order valence-corrected chi connectivity index (χ4v) is 3.28. The van der Waals surface area contributed by atoms with Gasteiger partial charge < -0.3 is 15.4 Å². The molecule has 0 saturated carbocycles. The first-order valence-corrected chi connectivity index (χ1v) is 9.70. The van der Waals surface area contributed by atoms with Crippen LogP contribution < -0.4 is 10.6 Å². The van der Waals surface area contributed by atoms with Crippen LogP contribution in [0.15, 0.2) is 65.1 Å². The zero-order chi connectivity index (χ0) is 20.8. The molecule has 6 nitrogen and oxygen atoms in total. The highest BCUT2D eigenvalue weighted by Gasteiger charge is 2.12. The molecule has 0 heterocycles. The van der Waals surface area contributed by atoms with Crippen molar-refractivity contribution in [2.24, 2.45) is 0 Å². The first kappa shape index (κ1) is 20.5. The number of halogens is 1. The number of fused-ring (bicyclic) bond motifs is 1. The summed E-state index contributed by atoms with van der Waals surface area (Å²) < 4.78 is 5.65. The van der Waals surface area contributed by atoms with E-state index in [0.717, 1.165) is 20.8 Å². The van der Waals surface area contributed by atoms with E-state index >= 15 is 0 Å². The first-order chi connectivity index (χ1) is 13.9. The maximum Gasteiger partial charge on any atom is 0.325 e. The van der Waals surface area contributed by atoms with Gasteiger partial charge in [-0.15, -0.1) is 0 Å². The summed E-state index contributed by atoms with van der Waals surface area (Å²) in [6, 6.07) is 18.4. The number of aryl methyl sites for hydroxylation is 1. The van der Waals surface area contributed by atoms with Crippen molar-refractivity contribution in [2.45, 2.75) is 6.92 Å². The number of benzene rings is 3. The Balaban J connectivity index is 1.46. The molecule has 0 aliphatic carbocycles. The second-order valence-corrected chi connectivity index (χ2v) is 7.29. The van der Waals surface area contributed by atoms with E-state index in [1.54, 1.807) is 18.2 Å². The molecule has 2 N–H and O–H groups in total. The largest absolute Gasteiger partial charge is 0.454 e. The smallest absolute Gasteiger partial charge is 0.325 e. The highest BCUT2D eigenvalue weighted by Crippen LogP contribution is 2.23. The average Bonchev–Trinajstić information content (AvgIpc) is 2.72. The molecule has 0 bridgehead atoms. The number of anilines is 1. The van der Waals surface area contributed by atoms with Crippen LogP contribution in [0.25, 0.3) is 10.8 Å². The van der Waals surface area contributed by atoms with E-state index in [4.69, 9.17) is 4.74 Å². The molecule has 3 aromatic carbocycles. The van der Waals surface area contributed by atoms with Crippen LogP contribution in [0.2, 0.25) is 0 Å². The number of ether oxygens (including phenoxy) is 1. The number of rotatable bonds is 6. The Hall–Kier alpha value is -3.19. The molecule has 0 fully saturated rings. The Morgan fingerprint density at radius 3 is 2.48 bits per heavy atom. The van der Waals surface area contributed by atoms with Gasteiger partial charge in [0.05, 0.1) is 5.69 Å². The SMILES string of the molecule is Cc1ccc(NC(=O)COC(=O)CNC(=O)c2ccc3ccccc3c2)c(Br)c1. The number of hydrogen-bond donors (Lipinski definition) is 2. The molecule has 3 rings (SSSR count). The predicted molar refractivity (Wildman–Crippen MR) is 115 cm³/mol. The molecule has 0 aliphatic heterocycles. The molecule has 0 atom stereocenters. The summed E-state index contributed by atoms with van der Waals surface area (Å²) in [4.78, 5) is 36.0. The summed E-state index contributed by atoms with van der Waals surface area (Å²) >= 11 is 3.36. The van der Waals surface area contributed by atoms with E-state index in [-0.39, 0.29) is 12.5 Å². The summed E-state index contributed by atoms with van der Waals surface area (Å²) in [5, 5.41) is 7.10. The number of carbonyl (C=O) groups is 3. The highest BCUT2D eigenvalue weighted by molar-refractivity contribution is 9.10. The minimum Gasteiger partial charge on any atom is -0.454 e. The fraction of sp³-hybridized carbons (Fsp3) is 0.136. The molecule has 0 spiro atoms. The second kappa shape index (κ2) is 9.34. The summed E-state index contributed by atoms with van der Waals surface area (Å²) in [6.07, 6.45) is 0. The van der Waals surface area contributed by atoms with Crippen molar-refractivity contribution in [1.29, 1.82) is 0 Å². The maximum absolute atomic E-state index is 12.2. The van der Waals surface area contributed by atoms with Crippen LogP contribution in [0.5, 0.6) is 0 Å². The van der Waals surface area contributed by atoms with Gasteiger partial charge in [-0.05, 0) is 63.5 Å². The molecule has 148 valence electrons. The summed E-state index contributed by atoms with van der Waals surface area (Å²) in [6.45, 7) is 1.17. The summed E-state index contributed by atoms with van der Waals surface area (Å²) in [5.41, 5.74) is 2.07. The molecule has 0 saturated heterocycles. The van der Waals surface area contributed by atoms with Crippen LogP contribution in [0.4, 0.5) is 5.69 Å². The number of amides is 2. The maximum atomic E-state index is 12.2. The zero-order valence-corrected chi connectivity index (χ0v) is 17.3. The van der Waals surface area contributed by atoms with E-state index in [1.165, 1.54) is 0 Å². The molecular formula is C22H19BrN2O4. The van der Waals surface area contributed by atoms with E-state index in [1.807, 2.05) is 49.4 Å². The van der Waals surface area contributed by atoms with E-state index in [0.29, 0.717) is 11.3 Å². The number of nitrogens with one attached hydrogen (secondary N) is 2. The van der Waals surface area contributed by atoms with Gasteiger partial charge in [-0.2, -0.15) is 0 Å². The van der Waals surface area contributed by atoms with Crippen LogP contribution in [0.3, 0.4) is 0 Å². The molecule has 0 aliphatic rings. The van der Waals surface area contributed by atoms with E-state index < -0.39 is 18.5 Å². The second-order valence-electron chi connectivity index (χ2n) is 6.44. The van der Waals surface area contributed by atoms with Crippen molar-refractivity contribution in [3.63, 3.8) is 0 Å². The average molecular weight is 455 g/mol. The monoisotopic (exact) mass is 454 g/mol. The zero-order valence-electron chi connectivity index (χ0n) is 15.7. The van der Waals surface area contributed by atoms with Crippen LogP contribution in [0.1, 0.15) is 15.9 Å². The molecule has 3 aromatic rings. The number of carbonyl (C=O) groups excluding carboxylic acids is 3. The van der Waals surface area contributed by atoms with Crippen molar-refractivity contribution >= 4 is 50.2 Å². The molecule has 7 heteroatoms. The van der Waals surface area contributed by atoms with Gasteiger partial charge in [0.25, 0.3) is 11.8 Å². The molecule has 2 amide bonds. The van der Waals surface area contributed by atoms with E-state index in [2.05, 4.69) is 26.6 Å². The van der Waals surface area contributed by atoms with Gasteiger partial charge >= 0.3 is 5.97 Å². The molecule has 0 unspecified atom stereocenters. The fourth-order valence-electron chi connectivity index (χ4n) is 2.69. The molecular weight excluding hydrogens is 436 g/mol. The Morgan fingerprint density at radius 2 is 1.72 bits per heavy atom. The lowest BCUT2D eigenvalue weighted by atomic mass is 10.1. The minimum atomic E-state index is -0.697.